The molecule has 5 heteroatoms. The van der Waals surface area contributed by atoms with Gasteiger partial charge in [-0.25, -0.2) is 14.4 Å². The topological polar surface area (TPSA) is 55.2 Å². The minimum absolute atomic E-state index is 0.244. The summed E-state index contributed by atoms with van der Waals surface area (Å²) in [4.78, 5) is 8.81. The van der Waals surface area contributed by atoms with Crippen molar-refractivity contribution in [2.45, 2.75) is 32.3 Å². The number of unbranched alkanes of at least 4 members (excludes halogenated alkanes) is 1. The molecule has 3 aromatic rings. The molecule has 0 radical (unpaired) electrons. The van der Waals surface area contributed by atoms with Gasteiger partial charge in [-0.2, -0.15) is 0 Å². The Morgan fingerprint density at radius 3 is 2.48 bits per heavy atom. The minimum Gasteiger partial charge on any atom is -0.489 e. The summed E-state index contributed by atoms with van der Waals surface area (Å²) in [5.41, 5.74) is 3.02. The zero-order chi connectivity index (χ0) is 22.1. The highest BCUT2D eigenvalue weighted by molar-refractivity contribution is 5.65. The predicted octanol–water partition coefficient (Wildman–Crippen LogP) is 6.08. The van der Waals surface area contributed by atoms with Gasteiger partial charge in [0, 0.05) is 35.2 Å². The van der Waals surface area contributed by atoms with Crippen molar-refractivity contribution in [2.24, 2.45) is 0 Å². The standard InChI is InChI=1S/C26H27FN2O2/c1-3-15-31-23-13-14-24(25(27)16-23)22-17-28-26(29-18-22)21-11-9-20(10-12-21)8-6-4-5-7-19(2)30/h3,6,8-14,16-19,30H,1,4-5,7,15H2,2H3. The molecule has 0 aliphatic heterocycles. The fourth-order valence-electron chi connectivity index (χ4n) is 3.08. The molecule has 1 atom stereocenters. The molecule has 0 bridgehead atoms. The number of nitrogens with zero attached hydrogens (tertiary/aromatic N) is 2. The third-order valence-electron chi connectivity index (χ3n) is 4.74. The Labute approximate surface area is 182 Å². The van der Waals surface area contributed by atoms with E-state index in [1.54, 1.807) is 30.6 Å². The third-order valence-corrected chi connectivity index (χ3v) is 4.74. The number of hydrogen-bond acceptors (Lipinski definition) is 4. The lowest BCUT2D eigenvalue weighted by Gasteiger charge is -2.08. The number of halogens is 1. The van der Waals surface area contributed by atoms with Crippen molar-refractivity contribution in [3.05, 3.63) is 85.0 Å². The first kappa shape index (κ1) is 22.4. The van der Waals surface area contributed by atoms with Crippen LogP contribution in [-0.2, 0) is 0 Å². The highest BCUT2D eigenvalue weighted by atomic mass is 19.1. The van der Waals surface area contributed by atoms with Crippen LogP contribution in [0.2, 0.25) is 0 Å². The van der Waals surface area contributed by atoms with Gasteiger partial charge in [0.25, 0.3) is 0 Å². The van der Waals surface area contributed by atoms with E-state index < -0.39 is 0 Å². The van der Waals surface area contributed by atoms with Crippen LogP contribution in [0.3, 0.4) is 0 Å². The van der Waals surface area contributed by atoms with Gasteiger partial charge in [-0.15, -0.1) is 0 Å². The van der Waals surface area contributed by atoms with Gasteiger partial charge in [-0.3, -0.25) is 0 Å². The lowest BCUT2D eigenvalue weighted by molar-refractivity contribution is 0.182. The molecular weight excluding hydrogens is 391 g/mol. The average Bonchev–Trinajstić information content (AvgIpc) is 2.78. The minimum atomic E-state index is -0.387. The molecule has 31 heavy (non-hydrogen) atoms. The quantitative estimate of drug-likeness (QED) is 0.320. The second kappa shape index (κ2) is 11.2. The van der Waals surface area contributed by atoms with E-state index in [4.69, 9.17) is 4.74 Å². The fraction of sp³-hybridized carbons (Fsp3) is 0.231. The summed E-state index contributed by atoms with van der Waals surface area (Å²) in [5.74, 6) is 0.654. The summed E-state index contributed by atoms with van der Waals surface area (Å²) < 4.78 is 19.8. The van der Waals surface area contributed by atoms with E-state index in [9.17, 15) is 9.50 Å². The maximum atomic E-state index is 14.4. The Kier molecular flexibility index (Phi) is 8.07. The first-order valence-corrected chi connectivity index (χ1v) is 10.4. The van der Waals surface area contributed by atoms with Gasteiger partial charge in [-0.1, -0.05) is 49.1 Å². The van der Waals surface area contributed by atoms with E-state index in [1.165, 1.54) is 6.07 Å². The van der Waals surface area contributed by atoms with Gasteiger partial charge < -0.3 is 9.84 Å². The number of allylic oxidation sites excluding steroid dienone is 1. The molecule has 1 N–H and O–H groups in total. The maximum Gasteiger partial charge on any atom is 0.159 e. The van der Waals surface area contributed by atoms with E-state index in [2.05, 4.69) is 28.7 Å². The SMILES string of the molecule is C=CCOc1ccc(-c2cnc(-c3ccc(C=CCCCC(C)O)cc3)nc2)c(F)c1. The van der Waals surface area contributed by atoms with Gasteiger partial charge in [0.05, 0.1) is 6.10 Å². The number of rotatable bonds is 10. The van der Waals surface area contributed by atoms with E-state index >= 15 is 0 Å². The normalized spacial score (nSPS) is 12.1. The van der Waals surface area contributed by atoms with Crippen molar-refractivity contribution >= 4 is 6.08 Å². The fourth-order valence-corrected chi connectivity index (χ4v) is 3.08. The largest absolute Gasteiger partial charge is 0.489 e. The number of aromatic nitrogens is 2. The van der Waals surface area contributed by atoms with Crippen molar-refractivity contribution < 1.29 is 14.2 Å². The Hall–Kier alpha value is -3.31. The van der Waals surface area contributed by atoms with Crippen molar-refractivity contribution in [1.29, 1.82) is 0 Å². The number of benzene rings is 2. The average molecular weight is 419 g/mol. The van der Waals surface area contributed by atoms with Gasteiger partial charge in [-0.05, 0) is 43.9 Å². The van der Waals surface area contributed by atoms with Gasteiger partial charge >= 0.3 is 0 Å². The van der Waals surface area contributed by atoms with Gasteiger partial charge in [0.1, 0.15) is 18.2 Å². The van der Waals surface area contributed by atoms with Crippen LogP contribution in [0.1, 0.15) is 31.7 Å². The van der Waals surface area contributed by atoms with Crippen molar-refractivity contribution in [3.8, 4) is 28.3 Å². The van der Waals surface area contributed by atoms with Gasteiger partial charge in [0.15, 0.2) is 5.82 Å². The molecule has 0 aliphatic carbocycles. The van der Waals surface area contributed by atoms with Crippen LogP contribution < -0.4 is 4.74 Å². The molecule has 0 fully saturated rings. The second-order valence-corrected chi connectivity index (χ2v) is 7.34. The van der Waals surface area contributed by atoms with E-state index in [0.717, 1.165) is 30.4 Å². The number of aliphatic hydroxyl groups excluding tert-OH is 1. The maximum absolute atomic E-state index is 14.4. The van der Waals surface area contributed by atoms with Crippen molar-refractivity contribution in [3.63, 3.8) is 0 Å². The number of aliphatic hydroxyl groups is 1. The van der Waals surface area contributed by atoms with Crippen LogP contribution in [-0.4, -0.2) is 27.8 Å². The molecule has 0 spiro atoms. The molecule has 1 heterocycles. The Bertz CT molecular complexity index is 1010. The summed E-state index contributed by atoms with van der Waals surface area (Å²) in [6, 6.07) is 12.7. The highest BCUT2D eigenvalue weighted by Crippen LogP contribution is 2.26. The van der Waals surface area contributed by atoms with Crippen LogP contribution in [0, 0.1) is 5.82 Å². The van der Waals surface area contributed by atoms with Crippen LogP contribution in [0.25, 0.3) is 28.6 Å². The summed E-state index contributed by atoms with van der Waals surface area (Å²) in [7, 11) is 0. The van der Waals surface area contributed by atoms with Crippen LogP contribution in [0.5, 0.6) is 5.75 Å². The third kappa shape index (κ3) is 6.59. The second-order valence-electron chi connectivity index (χ2n) is 7.34. The van der Waals surface area contributed by atoms with Gasteiger partial charge in [0.2, 0.25) is 0 Å². The molecule has 0 saturated heterocycles. The first-order chi connectivity index (χ1) is 15.1. The van der Waals surface area contributed by atoms with E-state index in [0.29, 0.717) is 29.3 Å². The van der Waals surface area contributed by atoms with Crippen molar-refractivity contribution in [1.82, 2.24) is 9.97 Å². The molecule has 4 nitrogen and oxygen atoms in total. The van der Waals surface area contributed by atoms with Crippen molar-refractivity contribution in [2.75, 3.05) is 6.61 Å². The number of hydrogen-bond donors (Lipinski definition) is 1. The molecule has 160 valence electrons. The lowest BCUT2D eigenvalue weighted by Crippen LogP contribution is -1.97. The van der Waals surface area contributed by atoms with E-state index in [1.807, 2.05) is 31.2 Å². The molecule has 0 saturated carbocycles. The zero-order valence-corrected chi connectivity index (χ0v) is 17.7. The molecule has 2 aromatic carbocycles. The predicted molar refractivity (Wildman–Crippen MR) is 123 cm³/mol. The summed E-state index contributed by atoms with van der Waals surface area (Å²) in [6.45, 7) is 5.72. The van der Waals surface area contributed by atoms with Crippen LogP contribution >= 0.6 is 0 Å². The molecule has 1 aromatic heterocycles. The lowest BCUT2D eigenvalue weighted by atomic mass is 10.1. The zero-order valence-electron chi connectivity index (χ0n) is 17.7. The molecule has 1 unspecified atom stereocenters. The number of ether oxygens (including phenoxy) is 1. The van der Waals surface area contributed by atoms with Crippen LogP contribution in [0.4, 0.5) is 4.39 Å². The summed E-state index contributed by atoms with van der Waals surface area (Å²) in [6.07, 6.45) is 11.5. The molecule has 0 amide bonds. The van der Waals surface area contributed by atoms with Crippen LogP contribution in [0.15, 0.2) is 73.6 Å². The summed E-state index contributed by atoms with van der Waals surface area (Å²) in [5, 5.41) is 9.28. The Morgan fingerprint density at radius 1 is 1.10 bits per heavy atom. The smallest absolute Gasteiger partial charge is 0.159 e. The Balaban J connectivity index is 1.65. The molecule has 0 aliphatic rings. The van der Waals surface area contributed by atoms with E-state index in [-0.39, 0.29) is 11.9 Å². The molecular formula is C26H27FN2O2. The molecule has 3 rings (SSSR count). The first-order valence-electron chi connectivity index (χ1n) is 10.4. The monoisotopic (exact) mass is 418 g/mol. The Morgan fingerprint density at radius 2 is 1.84 bits per heavy atom. The summed E-state index contributed by atoms with van der Waals surface area (Å²) >= 11 is 0. The highest BCUT2D eigenvalue weighted by Gasteiger charge is 2.09.